The van der Waals surface area contributed by atoms with Gasteiger partial charge in [-0.1, -0.05) is 97.5 Å². The summed E-state index contributed by atoms with van der Waals surface area (Å²) in [5.41, 5.74) is 10.7. The Bertz CT molecular complexity index is 1570. The van der Waals surface area contributed by atoms with Gasteiger partial charge in [0.05, 0.1) is 5.69 Å². The molecule has 4 unspecified atom stereocenters. The lowest BCUT2D eigenvalue weighted by Gasteiger charge is -2.56. The Kier molecular flexibility index (Phi) is 14.5. The van der Waals surface area contributed by atoms with E-state index in [0.29, 0.717) is 23.3 Å². The van der Waals surface area contributed by atoms with Crippen molar-refractivity contribution in [1.82, 2.24) is 10.3 Å². The maximum atomic E-state index is 10.9. The molecule has 2 N–H and O–H groups in total. The van der Waals surface area contributed by atoms with Crippen LogP contribution in [0.3, 0.4) is 0 Å². The smallest absolute Gasteiger partial charge is 0.183 e. The highest BCUT2D eigenvalue weighted by atomic mass is 35.5. The van der Waals surface area contributed by atoms with Crippen LogP contribution in [-0.4, -0.2) is 37.8 Å². The summed E-state index contributed by atoms with van der Waals surface area (Å²) < 4.78 is 0. The van der Waals surface area contributed by atoms with Crippen molar-refractivity contribution in [3.8, 4) is 11.3 Å². The molecular formula is C42H54ClN3OS. The number of carbonyl (C=O) groups is 1. The molecule has 0 aliphatic heterocycles. The molecule has 256 valence electrons. The van der Waals surface area contributed by atoms with Crippen molar-refractivity contribution in [1.29, 1.82) is 0 Å². The van der Waals surface area contributed by atoms with Gasteiger partial charge in [0.15, 0.2) is 5.13 Å². The lowest BCUT2D eigenvalue weighted by molar-refractivity contribution is -0.0183. The molecule has 48 heavy (non-hydrogen) atoms. The van der Waals surface area contributed by atoms with Crippen molar-refractivity contribution < 1.29 is 4.79 Å². The second-order valence-corrected chi connectivity index (χ2v) is 14.1. The Morgan fingerprint density at radius 2 is 1.79 bits per heavy atom. The fourth-order valence-electron chi connectivity index (χ4n) is 8.03. The van der Waals surface area contributed by atoms with E-state index in [1.54, 1.807) is 22.5 Å². The lowest BCUT2D eigenvalue weighted by Crippen LogP contribution is -2.52. The van der Waals surface area contributed by atoms with Crippen LogP contribution in [0.1, 0.15) is 75.2 Å². The van der Waals surface area contributed by atoms with Crippen molar-refractivity contribution in [2.24, 2.45) is 23.2 Å². The highest BCUT2D eigenvalue weighted by molar-refractivity contribution is 7.14. The number of rotatable bonds is 12. The highest BCUT2D eigenvalue weighted by Crippen LogP contribution is 2.68. The van der Waals surface area contributed by atoms with Gasteiger partial charge < -0.3 is 10.6 Å². The van der Waals surface area contributed by atoms with E-state index in [-0.39, 0.29) is 5.41 Å². The molecule has 0 radical (unpaired) electrons. The van der Waals surface area contributed by atoms with Crippen LogP contribution in [0.5, 0.6) is 0 Å². The van der Waals surface area contributed by atoms with Gasteiger partial charge in [-0.25, -0.2) is 4.98 Å². The van der Waals surface area contributed by atoms with Gasteiger partial charge in [-0.3, -0.25) is 4.79 Å². The van der Waals surface area contributed by atoms with Gasteiger partial charge in [-0.05, 0) is 106 Å². The average molecular weight is 684 g/mol. The number of nitrogens with zero attached hydrogens (tertiary/aromatic N) is 1. The maximum Gasteiger partial charge on any atom is 0.183 e. The first-order valence-electron chi connectivity index (χ1n) is 17.4. The number of benzene rings is 2. The third kappa shape index (κ3) is 8.48. The Hall–Kier alpha value is -3.25. The zero-order valence-electron chi connectivity index (χ0n) is 29.5. The lowest BCUT2D eigenvalue weighted by atomic mass is 9.49. The third-order valence-corrected chi connectivity index (χ3v) is 11.4. The van der Waals surface area contributed by atoms with Crippen molar-refractivity contribution in [2.75, 3.05) is 31.8 Å². The molecule has 1 heterocycles. The Morgan fingerprint density at radius 1 is 1.06 bits per heavy atom. The Balaban J connectivity index is 0.000000339. The zero-order valence-corrected chi connectivity index (χ0v) is 31.1. The highest BCUT2D eigenvalue weighted by Gasteiger charge is 2.62. The number of nitrogens with one attached hydrogen (secondary N) is 2. The SMILES string of the molecule is C=CC1=C(/C=C\C)C2CC(CNc3nc(-c4ccc(C=O)cc4)cs3)C2(C)C1C1=C(C)CCCC1.CCl.CNCCCc1ccccc1. The number of alkyl halides is 1. The van der Waals surface area contributed by atoms with Crippen molar-refractivity contribution >= 4 is 34.4 Å². The maximum absolute atomic E-state index is 10.9. The number of anilines is 1. The summed E-state index contributed by atoms with van der Waals surface area (Å²) in [6.45, 7) is 13.4. The molecule has 0 bridgehead atoms. The fraction of sp³-hybridized carbons (Fsp3) is 0.429. The third-order valence-electron chi connectivity index (χ3n) is 10.6. The summed E-state index contributed by atoms with van der Waals surface area (Å²) in [6.07, 6.45) is 17.8. The van der Waals surface area contributed by atoms with Crippen LogP contribution in [0.2, 0.25) is 0 Å². The first kappa shape index (κ1) is 37.6. The van der Waals surface area contributed by atoms with Crippen LogP contribution in [0, 0.1) is 23.2 Å². The first-order chi connectivity index (χ1) is 23.4. The molecule has 3 aliphatic carbocycles. The second kappa shape index (κ2) is 18.5. The van der Waals surface area contributed by atoms with Crippen molar-refractivity contribution in [2.45, 2.75) is 65.7 Å². The van der Waals surface area contributed by atoms with Crippen LogP contribution < -0.4 is 10.6 Å². The molecule has 6 heteroatoms. The molecule has 4 atom stereocenters. The average Bonchev–Trinajstić information content (AvgIpc) is 3.67. The largest absolute Gasteiger partial charge is 0.361 e. The standard InChI is InChI=1S/C31H36N2OS.C10H15N.CH3Cl/c1-5-9-26-24(6-2)29(25-11-8-7-10-20(25)3)31(4)23(16-27(26)31)17-32-30-33-28(19-35-30)22-14-12-21(18-34)13-15-22;1-11-9-5-8-10-6-3-2-4-7-10;1-2/h5-6,9,12-15,18-19,23,27,29H,2,7-8,10-11,16-17H2,1,3-4H3,(H,32,33);2-4,6-7,11H,5,8-9H2,1H3;1H3/b9-5-;;. The number of aryl methyl sites for hydroxylation is 1. The number of thiazole rings is 1. The molecule has 2 aromatic carbocycles. The van der Waals surface area contributed by atoms with E-state index < -0.39 is 0 Å². The summed E-state index contributed by atoms with van der Waals surface area (Å²) in [6, 6.07) is 18.2. The van der Waals surface area contributed by atoms with Gasteiger partial charge in [0, 0.05) is 35.4 Å². The van der Waals surface area contributed by atoms with Gasteiger partial charge in [0.2, 0.25) is 0 Å². The van der Waals surface area contributed by atoms with Crippen molar-refractivity contribution in [3.63, 3.8) is 0 Å². The minimum Gasteiger partial charge on any atom is -0.361 e. The number of allylic oxidation sites excluding steroid dienone is 7. The molecule has 0 saturated heterocycles. The van der Waals surface area contributed by atoms with Crippen LogP contribution in [0.4, 0.5) is 5.13 Å². The molecule has 4 nitrogen and oxygen atoms in total. The van der Waals surface area contributed by atoms with E-state index in [0.717, 1.165) is 35.8 Å². The second-order valence-electron chi connectivity index (χ2n) is 13.3. The van der Waals surface area contributed by atoms with Crippen LogP contribution in [-0.2, 0) is 6.42 Å². The van der Waals surface area contributed by atoms with E-state index in [9.17, 15) is 4.79 Å². The van der Waals surface area contributed by atoms with Crippen LogP contribution in [0.15, 0.2) is 107 Å². The minimum atomic E-state index is 0.226. The predicted octanol–water partition coefficient (Wildman–Crippen LogP) is 10.9. The molecule has 1 aromatic heterocycles. The number of hydrogen-bond donors (Lipinski definition) is 2. The number of aromatic nitrogens is 1. The van der Waals surface area contributed by atoms with Crippen LogP contribution in [0.25, 0.3) is 11.3 Å². The number of halogens is 1. The predicted molar refractivity (Wildman–Crippen MR) is 208 cm³/mol. The molecule has 0 spiro atoms. The monoisotopic (exact) mass is 683 g/mol. The number of aldehydes is 1. The van der Waals surface area contributed by atoms with Gasteiger partial charge in [0.1, 0.15) is 6.29 Å². The van der Waals surface area contributed by atoms with E-state index in [1.807, 2.05) is 31.3 Å². The van der Waals surface area contributed by atoms with E-state index in [2.05, 4.69) is 104 Å². The van der Waals surface area contributed by atoms with Crippen molar-refractivity contribution in [3.05, 3.63) is 118 Å². The van der Waals surface area contributed by atoms with E-state index >= 15 is 0 Å². The zero-order chi connectivity index (χ0) is 34.5. The summed E-state index contributed by atoms with van der Waals surface area (Å²) >= 11 is 6.30. The molecule has 3 aliphatic rings. The summed E-state index contributed by atoms with van der Waals surface area (Å²) in [5.74, 6) is 1.69. The summed E-state index contributed by atoms with van der Waals surface area (Å²) in [5, 5.41) is 9.89. The number of fused-ring (bicyclic) bond motifs is 1. The normalized spacial score (nSPS) is 23.0. The minimum absolute atomic E-state index is 0.226. The van der Waals surface area contributed by atoms with Crippen LogP contribution >= 0.6 is 22.9 Å². The van der Waals surface area contributed by atoms with E-state index in [4.69, 9.17) is 4.98 Å². The van der Waals surface area contributed by atoms with Gasteiger partial charge in [0.25, 0.3) is 0 Å². The Labute approximate surface area is 298 Å². The van der Waals surface area contributed by atoms with Gasteiger partial charge >= 0.3 is 0 Å². The molecular weight excluding hydrogens is 630 g/mol. The quantitative estimate of drug-likeness (QED) is 0.0863. The molecule has 0 amide bonds. The fourth-order valence-corrected chi connectivity index (χ4v) is 8.76. The first-order valence-corrected chi connectivity index (χ1v) is 19.1. The van der Waals surface area contributed by atoms with E-state index in [1.165, 1.54) is 68.0 Å². The topological polar surface area (TPSA) is 54.0 Å². The number of carbonyl (C=O) groups excluding carboxylic acids is 1. The summed E-state index contributed by atoms with van der Waals surface area (Å²) in [7, 11) is 1.99. The molecule has 1 saturated carbocycles. The summed E-state index contributed by atoms with van der Waals surface area (Å²) in [4.78, 5) is 15.8. The van der Waals surface area contributed by atoms with Gasteiger partial charge in [-0.15, -0.1) is 22.9 Å². The Morgan fingerprint density at radius 3 is 2.44 bits per heavy atom. The number of hydrogen-bond acceptors (Lipinski definition) is 5. The molecule has 3 aromatic rings. The molecule has 1 fully saturated rings. The molecule has 6 rings (SSSR count). The van der Waals surface area contributed by atoms with Gasteiger partial charge in [-0.2, -0.15) is 0 Å².